The fourth-order valence-electron chi connectivity index (χ4n) is 3.53. The van der Waals surface area contributed by atoms with Crippen LogP contribution in [0.25, 0.3) is 0 Å². The Morgan fingerprint density at radius 1 is 1.11 bits per heavy atom. The molecule has 0 radical (unpaired) electrons. The molecule has 6 heteroatoms. The first-order valence-electron chi connectivity index (χ1n) is 9.43. The van der Waals surface area contributed by atoms with E-state index < -0.39 is 11.4 Å². The summed E-state index contributed by atoms with van der Waals surface area (Å²) in [5, 5.41) is 11.6. The van der Waals surface area contributed by atoms with Crippen molar-refractivity contribution in [2.45, 2.75) is 32.1 Å². The Morgan fingerprint density at radius 3 is 2.46 bits per heavy atom. The Hall–Kier alpha value is -2.89. The maximum atomic E-state index is 13.4. The van der Waals surface area contributed by atoms with Crippen LogP contribution in [-0.4, -0.2) is 30.1 Å². The Balaban J connectivity index is 1.49. The van der Waals surface area contributed by atoms with Crippen LogP contribution in [0, 0.1) is 11.2 Å². The van der Waals surface area contributed by atoms with Gasteiger partial charge in [0.15, 0.2) is 6.61 Å². The Morgan fingerprint density at radius 2 is 1.86 bits per heavy atom. The molecule has 2 N–H and O–H groups in total. The van der Waals surface area contributed by atoms with Gasteiger partial charge in [0, 0.05) is 6.54 Å². The molecule has 1 aliphatic carbocycles. The number of carbonyl (C=O) groups excluding carboxylic acids is 1. The van der Waals surface area contributed by atoms with E-state index in [1.807, 2.05) is 18.2 Å². The van der Waals surface area contributed by atoms with Crippen molar-refractivity contribution < 1.29 is 23.8 Å². The average Bonchev–Trinajstić information content (AvgIpc) is 2.64. The Labute approximate surface area is 163 Å². The molecule has 0 atom stereocenters. The topological polar surface area (TPSA) is 75.6 Å². The molecule has 0 aliphatic heterocycles. The summed E-state index contributed by atoms with van der Waals surface area (Å²) in [6, 6.07) is 13.6. The lowest BCUT2D eigenvalue weighted by molar-refractivity contribution is -0.139. The van der Waals surface area contributed by atoms with E-state index in [1.54, 1.807) is 18.2 Å². The van der Waals surface area contributed by atoms with E-state index in [-0.39, 0.29) is 18.3 Å². The molecule has 0 saturated heterocycles. The summed E-state index contributed by atoms with van der Waals surface area (Å²) in [6.07, 6.45) is 3.89. The number of halogens is 1. The van der Waals surface area contributed by atoms with Crippen molar-refractivity contribution in [3.63, 3.8) is 0 Å². The van der Waals surface area contributed by atoms with Crippen LogP contribution in [0.2, 0.25) is 0 Å². The first-order valence-corrected chi connectivity index (χ1v) is 9.43. The van der Waals surface area contributed by atoms with E-state index in [0.29, 0.717) is 25.1 Å². The van der Waals surface area contributed by atoms with Crippen LogP contribution >= 0.6 is 0 Å². The van der Waals surface area contributed by atoms with Crippen LogP contribution in [0.4, 0.5) is 4.39 Å². The largest absolute Gasteiger partial charge is 0.482 e. The van der Waals surface area contributed by atoms with Gasteiger partial charge in [-0.1, -0.05) is 30.7 Å². The second kappa shape index (κ2) is 8.87. The van der Waals surface area contributed by atoms with Crippen LogP contribution < -0.4 is 10.1 Å². The smallest absolute Gasteiger partial charge is 0.341 e. The van der Waals surface area contributed by atoms with Gasteiger partial charge in [0.2, 0.25) is 5.91 Å². The second-order valence-electron chi connectivity index (χ2n) is 7.27. The molecule has 0 aromatic heterocycles. The number of carboxylic acids is 1. The molecule has 2 aromatic rings. The summed E-state index contributed by atoms with van der Waals surface area (Å²) >= 11 is 0. The van der Waals surface area contributed by atoms with Crippen molar-refractivity contribution in [1.29, 1.82) is 0 Å². The number of hydrogen-bond donors (Lipinski definition) is 2. The third-order valence-corrected chi connectivity index (χ3v) is 5.21. The minimum atomic E-state index is -1.02. The van der Waals surface area contributed by atoms with Gasteiger partial charge >= 0.3 is 5.97 Å². The van der Waals surface area contributed by atoms with Gasteiger partial charge in [-0.25, -0.2) is 9.18 Å². The highest BCUT2D eigenvalue weighted by atomic mass is 19.1. The van der Waals surface area contributed by atoms with Crippen molar-refractivity contribution in [3.05, 3.63) is 65.5 Å². The minimum absolute atomic E-state index is 0.0319. The number of amides is 1. The van der Waals surface area contributed by atoms with Gasteiger partial charge in [-0.2, -0.15) is 0 Å². The summed E-state index contributed by atoms with van der Waals surface area (Å²) in [5.74, 6) is -0.763. The molecular weight excluding hydrogens is 361 g/mol. The summed E-state index contributed by atoms with van der Waals surface area (Å²) in [5.41, 5.74) is 1.45. The number of hydrogen-bond acceptors (Lipinski definition) is 3. The maximum Gasteiger partial charge on any atom is 0.341 e. The molecule has 148 valence electrons. The lowest BCUT2D eigenvalue weighted by Crippen LogP contribution is -2.47. The molecule has 2 aromatic carbocycles. The molecule has 3 rings (SSSR count). The van der Waals surface area contributed by atoms with Crippen molar-refractivity contribution in [3.8, 4) is 5.75 Å². The maximum absolute atomic E-state index is 13.4. The monoisotopic (exact) mass is 385 g/mol. The van der Waals surface area contributed by atoms with Crippen LogP contribution in [0.15, 0.2) is 48.5 Å². The fraction of sp³-hybridized carbons (Fsp3) is 0.364. The predicted octanol–water partition coefficient (Wildman–Crippen LogP) is 3.36. The van der Waals surface area contributed by atoms with E-state index in [4.69, 9.17) is 9.84 Å². The quantitative estimate of drug-likeness (QED) is 0.694. The van der Waals surface area contributed by atoms with E-state index in [2.05, 4.69) is 5.32 Å². The number of nitrogens with one attached hydrogen (secondary N) is 1. The predicted molar refractivity (Wildman–Crippen MR) is 103 cm³/mol. The van der Waals surface area contributed by atoms with Gasteiger partial charge in [0.25, 0.3) is 0 Å². The molecule has 0 spiro atoms. The third-order valence-electron chi connectivity index (χ3n) is 5.21. The summed E-state index contributed by atoms with van der Waals surface area (Å²) < 4.78 is 18.5. The van der Waals surface area contributed by atoms with Crippen LogP contribution in [-0.2, 0) is 22.4 Å². The van der Waals surface area contributed by atoms with Gasteiger partial charge in [0.05, 0.1) is 5.41 Å². The molecule has 1 fully saturated rings. The molecule has 0 heterocycles. The number of ether oxygens (including phenoxy) is 1. The first-order chi connectivity index (χ1) is 13.5. The lowest BCUT2D eigenvalue weighted by atomic mass is 9.64. The molecule has 1 aliphatic rings. The number of benzene rings is 2. The van der Waals surface area contributed by atoms with Crippen LogP contribution in [0.1, 0.15) is 30.4 Å². The van der Waals surface area contributed by atoms with E-state index >= 15 is 0 Å². The lowest BCUT2D eigenvalue weighted by Gasteiger charge is -2.40. The molecule has 5 nitrogen and oxygen atoms in total. The standard InChI is InChI=1S/C22H24FNO4/c23-18-4-1-3-17(13-18)14-22(10-2-11-22)21(27)24-12-9-16-5-7-19(8-6-16)28-15-20(25)26/h1,3-8,13H,2,9-12,14-15H2,(H,24,27)(H,25,26). The molecule has 1 amide bonds. The zero-order chi connectivity index (χ0) is 20.0. The van der Waals surface area contributed by atoms with Gasteiger partial charge in [0.1, 0.15) is 11.6 Å². The van der Waals surface area contributed by atoms with E-state index in [0.717, 1.165) is 30.4 Å². The van der Waals surface area contributed by atoms with Crippen molar-refractivity contribution in [1.82, 2.24) is 5.32 Å². The molecule has 28 heavy (non-hydrogen) atoms. The third kappa shape index (κ3) is 5.09. The van der Waals surface area contributed by atoms with E-state index in [9.17, 15) is 14.0 Å². The normalized spacial score (nSPS) is 14.8. The Kier molecular flexibility index (Phi) is 6.29. The van der Waals surface area contributed by atoms with Crippen LogP contribution in [0.3, 0.4) is 0 Å². The summed E-state index contributed by atoms with van der Waals surface area (Å²) in [6.45, 7) is 0.141. The van der Waals surface area contributed by atoms with Crippen molar-refractivity contribution >= 4 is 11.9 Å². The SMILES string of the molecule is O=C(O)COc1ccc(CCNC(=O)C2(Cc3cccc(F)c3)CCC2)cc1. The van der Waals surface area contributed by atoms with Gasteiger partial charge < -0.3 is 15.2 Å². The fourth-order valence-corrected chi connectivity index (χ4v) is 3.53. The van der Waals surface area contributed by atoms with E-state index in [1.165, 1.54) is 12.1 Å². The summed E-state index contributed by atoms with van der Waals surface area (Å²) in [4.78, 5) is 23.3. The van der Waals surface area contributed by atoms with Crippen LogP contribution in [0.5, 0.6) is 5.75 Å². The number of carboxylic acid groups (broad SMARTS) is 1. The second-order valence-corrected chi connectivity index (χ2v) is 7.27. The van der Waals surface area contributed by atoms with Gasteiger partial charge in [-0.15, -0.1) is 0 Å². The number of aliphatic carboxylic acids is 1. The Bertz CT molecular complexity index is 831. The molecular formula is C22H24FNO4. The summed E-state index contributed by atoms with van der Waals surface area (Å²) in [7, 11) is 0. The number of carbonyl (C=O) groups is 2. The zero-order valence-corrected chi connectivity index (χ0v) is 15.6. The highest BCUT2D eigenvalue weighted by Gasteiger charge is 2.43. The van der Waals surface area contributed by atoms with Crippen molar-refractivity contribution in [2.75, 3.05) is 13.2 Å². The molecule has 0 bridgehead atoms. The number of rotatable bonds is 9. The molecule has 1 saturated carbocycles. The highest BCUT2D eigenvalue weighted by molar-refractivity contribution is 5.83. The van der Waals surface area contributed by atoms with Crippen molar-refractivity contribution in [2.24, 2.45) is 5.41 Å². The zero-order valence-electron chi connectivity index (χ0n) is 15.6. The first kappa shape index (κ1) is 19.9. The highest BCUT2D eigenvalue weighted by Crippen LogP contribution is 2.44. The molecule has 0 unspecified atom stereocenters. The minimum Gasteiger partial charge on any atom is -0.482 e. The average molecular weight is 385 g/mol. The van der Waals surface area contributed by atoms with Gasteiger partial charge in [-0.3, -0.25) is 4.79 Å². The van der Waals surface area contributed by atoms with Gasteiger partial charge in [-0.05, 0) is 61.1 Å².